The van der Waals surface area contributed by atoms with Crippen molar-refractivity contribution in [3.05, 3.63) is 83.8 Å². The highest BCUT2D eigenvalue weighted by molar-refractivity contribution is 6.07. The van der Waals surface area contributed by atoms with Crippen LogP contribution in [-0.4, -0.2) is 58.1 Å². The number of hydrogen-bond acceptors (Lipinski definition) is 9. The number of ether oxygens (including phenoxy) is 2. The Balaban J connectivity index is 0.00000600. The minimum absolute atomic E-state index is 0. The van der Waals surface area contributed by atoms with Crippen LogP contribution in [0.1, 0.15) is 75.1 Å². The van der Waals surface area contributed by atoms with Gasteiger partial charge in [-0.15, -0.1) is 0 Å². The summed E-state index contributed by atoms with van der Waals surface area (Å²) in [7, 11) is 1.91. The Kier molecular flexibility index (Phi) is 13.9. The number of rotatable bonds is 15. The number of fused-ring (bicyclic) bond motifs is 1. The molecule has 0 saturated heterocycles. The smallest absolute Gasteiger partial charge is 0.412 e. The van der Waals surface area contributed by atoms with Crippen molar-refractivity contribution in [2.24, 2.45) is 7.05 Å². The lowest BCUT2D eigenvalue weighted by Crippen LogP contribution is -2.34. The summed E-state index contributed by atoms with van der Waals surface area (Å²) < 4.78 is 12.2. The molecule has 47 heavy (non-hydrogen) atoms. The Morgan fingerprint density at radius 3 is 2.43 bits per heavy atom. The molecular formula is C35H45N7O5. The summed E-state index contributed by atoms with van der Waals surface area (Å²) in [5, 5.41) is 14.0. The number of carbonyl (C=O) groups excluding carboxylic acids is 3. The van der Waals surface area contributed by atoms with Crippen molar-refractivity contribution in [3.8, 4) is 0 Å². The average molecular weight is 644 g/mol. The first kappa shape index (κ1) is 36.2. The van der Waals surface area contributed by atoms with E-state index in [1.165, 1.54) is 4.90 Å². The number of pyridine rings is 1. The fraction of sp³-hybridized carbons (Fsp3) is 0.371. The van der Waals surface area contributed by atoms with Crippen LogP contribution in [0.15, 0.2) is 66.9 Å². The molecule has 0 unspecified atom stereocenters. The fourth-order valence-electron chi connectivity index (χ4n) is 4.81. The van der Waals surface area contributed by atoms with Gasteiger partial charge >= 0.3 is 12.1 Å². The Labute approximate surface area is 276 Å². The maximum atomic E-state index is 13.6. The predicted octanol–water partition coefficient (Wildman–Crippen LogP) is 6.45. The molecular weight excluding hydrogens is 598 g/mol. The predicted molar refractivity (Wildman–Crippen MR) is 184 cm³/mol. The Morgan fingerprint density at radius 2 is 1.72 bits per heavy atom. The normalized spacial score (nSPS) is 10.5. The molecule has 12 heteroatoms. The Bertz CT molecular complexity index is 1640. The fourth-order valence-corrected chi connectivity index (χ4v) is 4.81. The van der Waals surface area contributed by atoms with Gasteiger partial charge in [-0.25, -0.2) is 14.8 Å². The number of amidine groups is 1. The highest BCUT2D eigenvalue weighted by atomic mass is 16.5. The summed E-state index contributed by atoms with van der Waals surface area (Å²) >= 11 is 0. The summed E-state index contributed by atoms with van der Waals surface area (Å²) in [6.07, 6.45) is 5.05. The molecule has 4 rings (SSSR count). The van der Waals surface area contributed by atoms with Crippen molar-refractivity contribution in [2.45, 2.75) is 59.9 Å². The van der Waals surface area contributed by atoms with E-state index in [9.17, 15) is 14.4 Å². The molecule has 2 aromatic heterocycles. The molecule has 0 aliphatic rings. The van der Waals surface area contributed by atoms with Crippen LogP contribution >= 0.6 is 0 Å². The van der Waals surface area contributed by atoms with Gasteiger partial charge in [-0.1, -0.05) is 39.7 Å². The second-order valence-corrected chi connectivity index (χ2v) is 10.6. The van der Waals surface area contributed by atoms with Gasteiger partial charge < -0.3 is 19.4 Å². The lowest BCUT2D eigenvalue weighted by molar-refractivity contribution is -0.142. The van der Waals surface area contributed by atoms with Crippen molar-refractivity contribution in [3.63, 3.8) is 0 Å². The highest BCUT2D eigenvalue weighted by Gasteiger charge is 2.21. The van der Waals surface area contributed by atoms with Gasteiger partial charge in [-0.3, -0.25) is 25.2 Å². The number of esters is 1. The summed E-state index contributed by atoms with van der Waals surface area (Å²) in [5.41, 5.74) is 3.30. The number of hydrogen-bond donors (Lipinski definition) is 3. The molecule has 0 bridgehead atoms. The lowest BCUT2D eigenvalue weighted by Gasteiger charge is -2.21. The lowest BCUT2D eigenvalue weighted by atomic mass is 10.1. The summed E-state index contributed by atoms with van der Waals surface area (Å²) in [5.74, 6) is 0.483. The monoisotopic (exact) mass is 643 g/mol. The topological polar surface area (TPSA) is 152 Å². The minimum atomic E-state index is -0.628. The molecule has 2 heterocycles. The van der Waals surface area contributed by atoms with Crippen LogP contribution in [0.3, 0.4) is 0 Å². The van der Waals surface area contributed by atoms with E-state index in [0.29, 0.717) is 35.6 Å². The van der Waals surface area contributed by atoms with Gasteiger partial charge in [0.15, 0.2) is 0 Å². The number of imidazole rings is 1. The van der Waals surface area contributed by atoms with E-state index < -0.39 is 6.09 Å². The van der Waals surface area contributed by atoms with Gasteiger partial charge in [0.2, 0.25) is 0 Å². The van der Waals surface area contributed by atoms with Crippen molar-refractivity contribution in [2.75, 3.05) is 30.0 Å². The van der Waals surface area contributed by atoms with E-state index in [2.05, 4.69) is 22.5 Å². The molecule has 12 nitrogen and oxygen atoms in total. The average Bonchev–Trinajstić information content (AvgIpc) is 3.38. The zero-order valence-corrected chi connectivity index (χ0v) is 26.5. The number of aromatic nitrogens is 3. The molecule has 0 saturated carbocycles. The van der Waals surface area contributed by atoms with Crippen LogP contribution in [0.5, 0.6) is 0 Å². The van der Waals surface area contributed by atoms with E-state index >= 15 is 0 Å². The SMILES string of the molecule is C.CCCCCCOC(=O)NC(=N)c1ccc(NCc2nc3cc(C(=O)N(CCC(=O)OCC)c4ccccn4)ccc3n2C)cc1. The first-order chi connectivity index (χ1) is 22.3. The standard InChI is InChI=1S/C34H41N7O5.CH4/c1-4-6-7-10-21-46-34(44)39-32(35)24-12-15-26(16-13-24)37-23-30-38-27-22-25(14-17-28(27)40(30)3)33(43)41(20-18-31(42)45-5-2)29-11-8-9-19-36-29;/h8-9,11-17,19,22,37H,4-7,10,18,20-21,23H2,1-3H3,(H2,35,39,44);1H4. The maximum Gasteiger partial charge on any atom is 0.412 e. The van der Waals surface area contributed by atoms with E-state index in [4.69, 9.17) is 19.9 Å². The van der Waals surface area contributed by atoms with Crippen LogP contribution in [0, 0.1) is 5.41 Å². The number of benzene rings is 2. The Hall–Kier alpha value is -5.26. The zero-order chi connectivity index (χ0) is 32.9. The summed E-state index contributed by atoms with van der Waals surface area (Å²) in [6.45, 7) is 5.01. The van der Waals surface area contributed by atoms with Crippen molar-refractivity contribution in [1.82, 2.24) is 19.9 Å². The van der Waals surface area contributed by atoms with Gasteiger partial charge in [0.05, 0.1) is 37.2 Å². The molecule has 0 fully saturated rings. The van der Waals surface area contributed by atoms with E-state index in [1.54, 1.807) is 55.6 Å². The van der Waals surface area contributed by atoms with Crippen LogP contribution < -0.4 is 15.5 Å². The van der Waals surface area contributed by atoms with Crippen LogP contribution in [0.4, 0.5) is 16.3 Å². The largest absolute Gasteiger partial charge is 0.466 e. The van der Waals surface area contributed by atoms with Crippen molar-refractivity contribution in [1.29, 1.82) is 5.41 Å². The number of aryl methyl sites for hydroxylation is 1. The first-order valence-corrected chi connectivity index (χ1v) is 15.5. The molecule has 0 aliphatic carbocycles. The minimum Gasteiger partial charge on any atom is -0.466 e. The maximum absolute atomic E-state index is 13.6. The first-order valence-electron chi connectivity index (χ1n) is 15.5. The number of alkyl carbamates (subject to hydrolysis) is 1. The van der Waals surface area contributed by atoms with Crippen molar-refractivity contribution >= 4 is 46.3 Å². The second-order valence-electron chi connectivity index (χ2n) is 10.6. The third kappa shape index (κ3) is 10.1. The molecule has 3 N–H and O–H groups in total. The molecule has 2 amide bonds. The van der Waals surface area contributed by atoms with Gasteiger partial charge in [-0.05, 0) is 67.9 Å². The number of nitrogens with one attached hydrogen (secondary N) is 3. The summed E-state index contributed by atoms with van der Waals surface area (Å²) in [4.78, 5) is 48.2. The van der Waals surface area contributed by atoms with Gasteiger partial charge in [0.1, 0.15) is 17.5 Å². The second kappa shape index (κ2) is 18.0. The molecule has 250 valence electrons. The van der Waals surface area contributed by atoms with E-state index in [-0.39, 0.29) is 44.7 Å². The molecule has 0 atom stereocenters. The number of anilines is 2. The summed E-state index contributed by atoms with van der Waals surface area (Å²) in [6, 6.07) is 17.7. The van der Waals surface area contributed by atoms with E-state index in [1.807, 2.05) is 29.8 Å². The number of unbranched alkanes of at least 4 members (excludes halogenated alkanes) is 3. The highest BCUT2D eigenvalue weighted by Crippen LogP contribution is 2.21. The van der Waals surface area contributed by atoms with E-state index in [0.717, 1.165) is 42.7 Å². The molecule has 0 radical (unpaired) electrons. The Morgan fingerprint density at radius 1 is 0.957 bits per heavy atom. The number of amides is 2. The third-order valence-corrected chi connectivity index (χ3v) is 7.32. The third-order valence-electron chi connectivity index (χ3n) is 7.32. The van der Waals surface area contributed by atoms with Crippen LogP contribution in [0.2, 0.25) is 0 Å². The quantitative estimate of drug-likeness (QED) is 0.0579. The molecule has 2 aromatic carbocycles. The van der Waals surface area contributed by atoms with Gasteiger partial charge in [-0.2, -0.15) is 0 Å². The van der Waals surface area contributed by atoms with Gasteiger partial charge in [0.25, 0.3) is 5.91 Å². The zero-order valence-electron chi connectivity index (χ0n) is 26.5. The van der Waals surface area contributed by atoms with Crippen LogP contribution in [-0.2, 0) is 27.9 Å². The molecule has 0 aliphatic heterocycles. The number of nitrogens with zero attached hydrogens (tertiary/aromatic N) is 4. The molecule has 4 aromatic rings. The van der Waals surface area contributed by atoms with Gasteiger partial charge in [0, 0.05) is 36.6 Å². The van der Waals surface area contributed by atoms with Crippen LogP contribution in [0.25, 0.3) is 11.0 Å². The number of carbonyl (C=O) groups is 3. The molecule has 0 spiro atoms. The van der Waals surface area contributed by atoms with Crippen molar-refractivity contribution < 1.29 is 23.9 Å².